The number of nitrogens with zero attached hydrogens (tertiary/aromatic N) is 2. The molecule has 0 spiro atoms. The van der Waals surface area contributed by atoms with Crippen molar-refractivity contribution in [1.29, 1.82) is 0 Å². The molecule has 0 bridgehead atoms. The number of amides is 1. The Balaban J connectivity index is 1.68. The van der Waals surface area contributed by atoms with Crippen molar-refractivity contribution >= 4 is 46.8 Å². The summed E-state index contributed by atoms with van der Waals surface area (Å²) in [7, 11) is 0. The van der Waals surface area contributed by atoms with E-state index in [-0.39, 0.29) is 23.6 Å². The van der Waals surface area contributed by atoms with Crippen molar-refractivity contribution in [2.24, 2.45) is 0 Å². The summed E-state index contributed by atoms with van der Waals surface area (Å²) in [6, 6.07) is 3.10. The van der Waals surface area contributed by atoms with Crippen LogP contribution in [0.3, 0.4) is 0 Å². The lowest BCUT2D eigenvalue weighted by Crippen LogP contribution is -2.70. The molecule has 2 aliphatic heterocycles. The summed E-state index contributed by atoms with van der Waals surface area (Å²) >= 11 is 6.75. The second kappa shape index (κ2) is 8.05. The quantitative estimate of drug-likeness (QED) is 0.401. The van der Waals surface area contributed by atoms with Crippen LogP contribution >= 0.6 is 24.0 Å². The van der Waals surface area contributed by atoms with Crippen LogP contribution in [0.4, 0.5) is 0 Å². The van der Waals surface area contributed by atoms with E-state index in [0.717, 1.165) is 5.56 Å². The van der Waals surface area contributed by atoms with Crippen molar-refractivity contribution in [1.82, 2.24) is 15.2 Å². The van der Waals surface area contributed by atoms with Crippen LogP contribution in [0.15, 0.2) is 35.8 Å². The molecular formula is C17H17N3O5S2. The zero-order chi connectivity index (χ0) is 19.6. The number of nitrogens with one attached hydrogen (secondary N) is 1. The van der Waals surface area contributed by atoms with Gasteiger partial charge in [-0.3, -0.25) is 19.5 Å². The summed E-state index contributed by atoms with van der Waals surface area (Å²) in [6.07, 6.45) is 3.80. The van der Waals surface area contributed by atoms with Gasteiger partial charge in [-0.2, -0.15) is 0 Å². The molecule has 10 heteroatoms. The number of carbonyl (C=O) groups is 3. The van der Waals surface area contributed by atoms with Crippen LogP contribution in [0.1, 0.15) is 12.5 Å². The standard InChI is InChI=1S/C17H17N3O5S2/c1-9(21)25-7-11-8-27-16-13(15(22)20(16)14(11)17(23)24)19-12(26)6-10-2-4-18-5-3-10/h2-5,13,16H,6-8H2,1H3,(H,19,26)(H,23,24)/t13?,16-/m0/s1. The second-order valence-corrected chi connectivity index (χ2v) is 7.62. The van der Waals surface area contributed by atoms with Crippen LogP contribution in [0.5, 0.6) is 0 Å². The number of rotatable bonds is 6. The predicted octanol–water partition coefficient (Wildman–Crippen LogP) is 0.727. The number of β-lactam (4-membered cyclic amide) rings is 1. The molecule has 1 fully saturated rings. The Bertz CT molecular complexity index is 827. The zero-order valence-electron chi connectivity index (χ0n) is 14.4. The molecule has 8 nitrogen and oxygen atoms in total. The number of hydrogen-bond acceptors (Lipinski definition) is 7. The fourth-order valence-electron chi connectivity index (χ4n) is 2.89. The number of pyridine rings is 1. The summed E-state index contributed by atoms with van der Waals surface area (Å²) in [5.74, 6) is -1.72. The number of aromatic nitrogens is 1. The number of aliphatic carboxylic acids is 1. The first kappa shape index (κ1) is 19.3. The number of thioether (sulfide) groups is 1. The van der Waals surface area contributed by atoms with Crippen LogP contribution in [-0.2, 0) is 25.5 Å². The number of esters is 1. The Morgan fingerprint density at radius 1 is 1.44 bits per heavy atom. The van der Waals surface area contributed by atoms with Gasteiger partial charge >= 0.3 is 11.9 Å². The number of carbonyl (C=O) groups excluding carboxylic acids is 2. The van der Waals surface area contributed by atoms with Crippen LogP contribution in [-0.4, -0.2) is 61.6 Å². The third-order valence-corrected chi connectivity index (χ3v) is 5.73. The monoisotopic (exact) mass is 407 g/mol. The van der Waals surface area contributed by atoms with Gasteiger partial charge in [-0.15, -0.1) is 11.8 Å². The lowest BCUT2D eigenvalue weighted by atomic mass is 10.0. The first-order chi connectivity index (χ1) is 12.9. The summed E-state index contributed by atoms with van der Waals surface area (Å²) in [5, 5.41) is 12.2. The minimum atomic E-state index is -1.21. The van der Waals surface area contributed by atoms with Crippen molar-refractivity contribution in [3.63, 3.8) is 0 Å². The molecule has 3 heterocycles. The highest BCUT2D eigenvalue weighted by Crippen LogP contribution is 2.40. The Morgan fingerprint density at radius 3 is 2.78 bits per heavy atom. The van der Waals surface area contributed by atoms with Gasteiger partial charge in [0.05, 0.1) is 4.99 Å². The summed E-state index contributed by atoms with van der Waals surface area (Å²) < 4.78 is 4.91. The van der Waals surface area contributed by atoms with Gasteiger partial charge < -0.3 is 15.2 Å². The molecular weight excluding hydrogens is 390 g/mol. The van der Waals surface area contributed by atoms with Gasteiger partial charge in [0.25, 0.3) is 5.91 Å². The second-order valence-electron chi connectivity index (χ2n) is 6.02. The van der Waals surface area contributed by atoms with Crippen molar-refractivity contribution < 1.29 is 24.2 Å². The lowest BCUT2D eigenvalue weighted by Gasteiger charge is -2.49. The maximum atomic E-state index is 12.6. The normalized spacial score (nSPS) is 21.2. The SMILES string of the molecule is CC(=O)OCC1=C(C(=O)O)N2C(=O)C(NC(=S)Cc3ccncc3)[C@@H]2SC1. The van der Waals surface area contributed by atoms with Crippen LogP contribution in [0.2, 0.25) is 0 Å². The van der Waals surface area contributed by atoms with E-state index in [4.69, 9.17) is 17.0 Å². The molecule has 0 radical (unpaired) electrons. The topological polar surface area (TPSA) is 109 Å². The predicted molar refractivity (Wildman–Crippen MR) is 102 cm³/mol. The van der Waals surface area contributed by atoms with E-state index >= 15 is 0 Å². The molecule has 1 amide bonds. The summed E-state index contributed by atoms with van der Waals surface area (Å²) in [4.78, 5) is 40.9. The highest BCUT2D eigenvalue weighted by atomic mass is 32.2. The number of ether oxygens (including phenoxy) is 1. The average Bonchev–Trinajstić information content (AvgIpc) is 2.64. The molecule has 0 saturated carbocycles. The number of carboxylic acid groups (broad SMARTS) is 1. The fourth-order valence-corrected chi connectivity index (χ4v) is 4.51. The Hall–Kier alpha value is -2.46. The molecule has 27 heavy (non-hydrogen) atoms. The Morgan fingerprint density at radius 2 is 2.15 bits per heavy atom. The molecule has 1 saturated heterocycles. The Labute approximate surface area is 165 Å². The molecule has 1 aromatic heterocycles. The van der Waals surface area contributed by atoms with E-state index in [1.165, 1.54) is 23.6 Å². The highest BCUT2D eigenvalue weighted by Gasteiger charge is 2.53. The third-order valence-electron chi connectivity index (χ3n) is 4.13. The van der Waals surface area contributed by atoms with Gasteiger partial charge in [0.2, 0.25) is 0 Å². The van der Waals surface area contributed by atoms with Crippen molar-refractivity contribution in [3.05, 3.63) is 41.4 Å². The van der Waals surface area contributed by atoms with Crippen molar-refractivity contribution in [3.8, 4) is 0 Å². The number of hydrogen-bond donors (Lipinski definition) is 2. The van der Waals surface area contributed by atoms with Gasteiger partial charge in [0, 0.05) is 37.1 Å². The lowest BCUT2D eigenvalue weighted by molar-refractivity contribution is -0.148. The van der Waals surface area contributed by atoms with Crippen LogP contribution < -0.4 is 5.32 Å². The third kappa shape index (κ3) is 4.11. The molecule has 2 atom stereocenters. The van der Waals surface area contributed by atoms with E-state index in [0.29, 0.717) is 22.7 Å². The largest absolute Gasteiger partial charge is 0.477 e. The Kier molecular flexibility index (Phi) is 5.76. The van der Waals surface area contributed by atoms with Gasteiger partial charge in [0.1, 0.15) is 23.7 Å². The van der Waals surface area contributed by atoms with Gasteiger partial charge in [-0.05, 0) is 17.7 Å². The molecule has 1 aromatic rings. The first-order valence-electron chi connectivity index (χ1n) is 8.10. The van der Waals surface area contributed by atoms with Gasteiger partial charge in [-0.1, -0.05) is 12.2 Å². The smallest absolute Gasteiger partial charge is 0.352 e. The fraction of sp³-hybridized carbons (Fsp3) is 0.353. The minimum Gasteiger partial charge on any atom is -0.477 e. The summed E-state index contributed by atoms with van der Waals surface area (Å²) in [5.41, 5.74) is 1.27. The van der Waals surface area contributed by atoms with Crippen molar-refractivity contribution in [2.45, 2.75) is 24.8 Å². The first-order valence-corrected chi connectivity index (χ1v) is 9.56. The summed E-state index contributed by atoms with van der Waals surface area (Å²) in [6.45, 7) is 1.11. The van der Waals surface area contributed by atoms with E-state index < -0.39 is 18.0 Å². The highest BCUT2D eigenvalue weighted by molar-refractivity contribution is 8.00. The number of carboxylic acids is 1. The van der Waals surface area contributed by atoms with E-state index in [1.54, 1.807) is 12.4 Å². The van der Waals surface area contributed by atoms with Crippen LogP contribution in [0, 0.1) is 0 Å². The minimum absolute atomic E-state index is 0.108. The van der Waals surface area contributed by atoms with Crippen LogP contribution in [0.25, 0.3) is 0 Å². The van der Waals surface area contributed by atoms with Gasteiger partial charge in [0.15, 0.2) is 0 Å². The molecule has 1 unspecified atom stereocenters. The molecule has 2 N–H and O–H groups in total. The van der Waals surface area contributed by atoms with E-state index in [2.05, 4.69) is 10.3 Å². The van der Waals surface area contributed by atoms with E-state index in [1.807, 2.05) is 12.1 Å². The average molecular weight is 407 g/mol. The van der Waals surface area contributed by atoms with Crippen molar-refractivity contribution in [2.75, 3.05) is 12.4 Å². The van der Waals surface area contributed by atoms with E-state index in [9.17, 15) is 19.5 Å². The molecule has 3 rings (SSSR count). The molecule has 0 aliphatic carbocycles. The van der Waals surface area contributed by atoms with Gasteiger partial charge in [-0.25, -0.2) is 4.79 Å². The molecule has 2 aliphatic rings. The maximum Gasteiger partial charge on any atom is 0.352 e. The maximum absolute atomic E-state index is 12.6. The molecule has 0 aromatic carbocycles. The molecule has 142 valence electrons. The zero-order valence-corrected chi connectivity index (χ0v) is 16.0. The number of fused-ring (bicyclic) bond motifs is 1. The number of thiocarbonyl (C=S) groups is 1.